The van der Waals surface area contributed by atoms with Crippen molar-refractivity contribution in [3.05, 3.63) is 0 Å². The van der Waals surface area contributed by atoms with E-state index in [1.165, 1.54) is 12.8 Å². The van der Waals surface area contributed by atoms with Crippen molar-refractivity contribution in [1.82, 2.24) is 4.90 Å². The molecule has 0 aliphatic rings. The van der Waals surface area contributed by atoms with Crippen LogP contribution >= 0.6 is 0 Å². The number of hydrogen-bond acceptors (Lipinski definition) is 2. The van der Waals surface area contributed by atoms with Gasteiger partial charge in [-0.2, -0.15) is 0 Å². The lowest BCUT2D eigenvalue weighted by Crippen LogP contribution is -2.41. The Morgan fingerprint density at radius 3 is 2.21 bits per heavy atom. The molecule has 0 amide bonds. The van der Waals surface area contributed by atoms with Gasteiger partial charge < -0.3 is 10.6 Å². The van der Waals surface area contributed by atoms with Gasteiger partial charge in [0.25, 0.3) is 0 Å². The summed E-state index contributed by atoms with van der Waals surface area (Å²) in [5.74, 6) is 0.707. The van der Waals surface area contributed by atoms with Gasteiger partial charge in [0, 0.05) is 18.6 Å². The Morgan fingerprint density at radius 2 is 1.79 bits per heavy atom. The summed E-state index contributed by atoms with van der Waals surface area (Å²) in [6, 6.07) is 0.976. The highest BCUT2D eigenvalue weighted by atomic mass is 15.1. The summed E-state index contributed by atoms with van der Waals surface area (Å²) in [6.45, 7) is 10.0. The van der Waals surface area contributed by atoms with Gasteiger partial charge in [-0.25, -0.2) is 0 Å². The molecule has 0 spiro atoms. The minimum absolute atomic E-state index is 0.348. The zero-order chi connectivity index (χ0) is 11.1. The molecular formula is C12H28N2. The van der Waals surface area contributed by atoms with Crippen molar-refractivity contribution in [2.24, 2.45) is 11.7 Å². The molecule has 0 heterocycles. The highest BCUT2D eigenvalue weighted by Gasteiger charge is 2.15. The van der Waals surface area contributed by atoms with Gasteiger partial charge >= 0.3 is 0 Å². The Kier molecular flexibility index (Phi) is 7.20. The lowest BCUT2D eigenvalue weighted by Gasteiger charge is -2.30. The summed E-state index contributed by atoms with van der Waals surface area (Å²) in [7, 11) is 2.18. The second-order valence-electron chi connectivity index (χ2n) is 4.83. The molecule has 2 nitrogen and oxygen atoms in total. The number of nitrogens with zero attached hydrogens (tertiary/aromatic N) is 1. The molecule has 0 aliphatic carbocycles. The smallest absolute Gasteiger partial charge is 0.0167 e. The molecule has 2 N–H and O–H groups in total. The van der Waals surface area contributed by atoms with E-state index in [0.717, 1.165) is 13.0 Å². The Labute approximate surface area is 89.9 Å². The molecule has 0 fully saturated rings. The average Bonchev–Trinajstić information content (AvgIpc) is 2.13. The highest BCUT2D eigenvalue weighted by Crippen LogP contribution is 2.09. The minimum atomic E-state index is 0.348. The summed E-state index contributed by atoms with van der Waals surface area (Å²) in [4.78, 5) is 2.38. The number of unbranched alkanes of at least 4 members (excludes halogenated alkanes) is 1. The monoisotopic (exact) mass is 200 g/mol. The molecule has 0 aromatic rings. The molecule has 2 heteroatoms. The molecule has 0 saturated heterocycles. The largest absolute Gasteiger partial charge is 0.327 e. The predicted molar refractivity (Wildman–Crippen MR) is 64.4 cm³/mol. The van der Waals surface area contributed by atoms with Crippen molar-refractivity contribution in [2.75, 3.05) is 13.6 Å². The quantitative estimate of drug-likeness (QED) is 0.684. The number of nitrogens with two attached hydrogens (primary N) is 1. The summed E-state index contributed by atoms with van der Waals surface area (Å²) in [6.07, 6.45) is 3.66. The Bertz CT molecular complexity index is 134. The van der Waals surface area contributed by atoms with Crippen LogP contribution in [0, 0.1) is 5.92 Å². The van der Waals surface area contributed by atoms with Crippen molar-refractivity contribution in [3.63, 3.8) is 0 Å². The zero-order valence-corrected chi connectivity index (χ0v) is 10.6. The predicted octanol–water partition coefficient (Wildman–Crippen LogP) is 2.48. The second kappa shape index (κ2) is 7.24. The Hall–Kier alpha value is -0.0800. The fraction of sp³-hybridized carbons (Fsp3) is 1.00. The summed E-state index contributed by atoms with van der Waals surface area (Å²) < 4.78 is 0. The van der Waals surface area contributed by atoms with Gasteiger partial charge in [-0.15, -0.1) is 0 Å². The van der Waals surface area contributed by atoms with Crippen LogP contribution in [0.4, 0.5) is 0 Å². The van der Waals surface area contributed by atoms with Crippen LogP contribution in [-0.4, -0.2) is 30.6 Å². The van der Waals surface area contributed by atoms with Gasteiger partial charge in [0.2, 0.25) is 0 Å². The fourth-order valence-corrected chi connectivity index (χ4v) is 1.60. The van der Waals surface area contributed by atoms with Crippen LogP contribution in [0.2, 0.25) is 0 Å². The van der Waals surface area contributed by atoms with Gasteiger partial charge in [-0.1, -0.05) is 33.6 Å². The normalized spacial score (nSPS) is 16.3. The van der Waals surface area contributed by atoms with Crippen LogP contribution in [-0.2, 0) is 0 Å². The zero-order valence-electron chi connectivity index (χ0n) is 10.6. The van der Waals surface area contributed by atoms with E-state index < -0.39 is 0 Å². The molecule has 0 radical (unpaired) electrons. The molecule has 0 saturated carbocycles. The number of rotatable bonds is 7. The van der Waals surface area contributed by atoms with Crippen LogP contribution in [0.15, 0.2) is 0 Å². The lowest BCUT2D eigenvalue weighted by atomic mass is 10.0. The maximum Gasteiger partial charge on any atom is 0.0167 e. The average molecular weight is 200 g/mol. The molecule has 14 heavy (non-hydrogen) atoms. The van der Waals surface area contributed by atoms with E-state index in [4.69, 9.17) is 5.73 Å². The molecule has 0 bridgehead atoms. The molecule has 0 rings (SSSR count). The van der Waals surface area contributed by atoms with Crippen LogP contribution in [0.1, 0.15) is 47.0 Å². The van der Waals surface area contributed by atoms with Crippen LogP contribution in [0.5, 0.6) is 0 Å². The van der Waals surface area contributed by atoms with Gasteiger partial charge in [0.05, 0.1) is 0 Å². The fourth-order valence-electron chi connectivity index (χ4n) is 1.60. The van der Waals surface area contributed by atoms with E-state index in [-0.39, 0.29) is 0 Å². The van der Waals surface area contributed by atoms with E-state index in [0.29, 0.717) is 18.0 Å². The summed E-state index contributed by atoms with van der Waals surface area (Å²) in [5, 5.41) is 0. The SMILES string of the molecule is CCCCC(N)CN(C)C(C)C(C)C. The third-order valence-electron chi connectivity index (χ3n) is 3.11. The first-order chi connectivity index (χ1) is 6.49. The molecule has 2 atom stereocenters. The second-order valence-corrected chi connectivity index (χ2v) is 4.83. The van der Waals surface area contributed by atoms with E-state index in [1.54, 1.807) is 0 Å². The van der Waals surface area contributed by atoms with Gasteiger partial charge in [0.15, 0.2) is 0 Å². The summed E-state index contributed by atoms with van der Waals surface area (Å²) >= 11 is 0. The van der Waals surface area contributed by atoms with Gasteiger partial charge in [0.1, 0.15) is 0 Å². The first kappa shape index (κ1) is 13.9. The van der Waals surface area contributed by atoms with Gasteiger partial charge in [-0.05, 0) is 26.3 Å². The van der Waals surface area contributed by atoms with Crippen molar-refractivity contribution < 1.29 is 0 Å². The molecule has 0 aliphatic heterocycles. The van der Waals surface area contributed by atoms with Crippen LogP contribution < -0.4 is 5.73 Å². The highest BCUT2D eigenvalue weighted by molar-refractivity contribution is 4.72. The number of likely N-dealkylation sites (N-methyl/N-ethyl adjacent to an activating group) is 1. The molecule has 2 unspecified atom stereocenters. The van der Waals surface area contributed by atoms with Crippen molar-refractivity contribution >= 4 is 0 Å². The Balaban J connectivity index is 3.74. The van der Waals surface area contributed by atoms with E-state index in [1.807, 2.05) is 0 Å². The third kappa shape index (κ3) is 5.61. The third-order valence-corrected chi connectivity index (χ3v) is 3.11. The number of hydrogen-bond donors (Lipinski definition) is 1. The molecule has 86 valence electrons. The molecule has 0 aromatic heterocycles. The van der Waals surface area contributed by atoms with Crippen LogP contribution in [0.3, 0.4) is 0 Å². The first-order valence-electron chi connectivity index (χ1n) is 5.94. The van der Waals surface area contributed by atoms with Crippen molar-refractivity contribution in [1.29, 1.82) is 0 Å². The lowest BCUT2D eigenvalue weighted by molar-refractivity contribution is 0.194. The standard InChI is InChI=1S/C12H28N2/c1-6-7-8-12(13)9-14(5)11(4)10(2)3/h10-12H,6-9,13H2,1-5H3. The van der Waals surface area contributed by atoms with E-state index in [2.05, 4.69) is 39.6 Å². The first-order valence-corrected chi connectivity index (χ1v) is 5.94. The molecule has 0 aromatic carbocycles. The molecular weight excluding hydrogens is 172 g/mol. The minimum Gasteiger partial charge on any atom is -0.327 e. The van der Waals surface area contributed by atoms with Crippen molar-refractivity contribution in [2.45, 2.75) is 59.0 Å². The topological polar surface area (TPSA) is 29.3 Å². The van der Waals surface area contributed by atoms with E-state index >= 15 is 0 Å². The summed E-state index contributed by atoms with van der Waals surface area (Å²) in [5.41, 5.74) is 6.06. The maximum absolute atomic E-state index is 6.06. The van der Waals surface area contributed by atoms with Crippen molar-refractivity contribution in [3.8, 4) is 0 Å². The van der Waals surface area contributed by atoms with Gasteiger partial charge in [-0.3, -0.25) is 0 Å². The Morgan fingerprint density at radius 1 is 1.21 bits per heavy atom. The maximum atomic E-state index is 6.06. The van der Waals surface area contributed by atoms with E-state index in [9.17, 15) is 0 Å². The van der Waals surface area contributed by atoms with Crippen LogP contribution in [0.25, 0.3) is 0 Å².